The van der Waals surface area contributed by atoms with Crippen molar-refractivity contribution in [1.29, 1.82) is 0 Å². The SMILES string of the molecule is CC1(C)CCC(c2ccc(NCCN3CCCC3=O)cc2)CC1. The molecule has 126 valence electrons. The Bertz CT molecular complexity index is 525. The maximum atomic E-state index is 11.6. The van der Waals surface area contributed by atoms with Crippen LogP contribution in [0.2, 0.25) is 0 Å². The van der Waals surface area contributed by atoms with Crippen LogP contribution in [0, 0.1) is 5.41 Å². The number of anilines is 1. The van der Waals surface area contributed by atoms with Crippen LogP contribution in [0.3, 0.4) is 0 Å². The lowest BCUT2D eigenvalue weighted by Gasteiger charge is -2.34. The van der Waals surface area contributed by atoms with E-state index in [4.69, 9.17) is 0 Å². The third kappa shape index (κ3) is 4.27. The molecule has 1 amide bonds. The molecular weight excluding hydrogens is 284 g/mol. The maximum Gasteiger partial charge on any atom is 0.222 e. The van der Waals surface area contributed by atoms with E-state index in [1.807, 2.05) is 4.90 Å². The van der Waals surface area contributed by atoms with E-state index >= 15 is 0 Å². The molecule has 1 heterocycles. The topological polar surface area (TPSA) is 32.3 Å². The number of likely N-dealkylation sites (tertiary alicyclic amines) is 1. The zero-order valence-electron chi connectivity index (χ0n) is 14.6. The van der Waals surface area contributed by atoms with E-state index in [0.717, 1.165) is 44.1 Å². The monoisotopic (exact) mass is 314 g/mol. The zero-order chi connectivity index (χ0) is 16.3. The molecule has 3 nitrogen and oxygen atoms in total. The van der Waals surface area contributed by atoms with Gasteiger partial charge in [-0.1, -0.05) is 26.0 Å². The number of hydrogen-bond donors (Lipinski definition) is 1. The van der Waals surface area contributed by atoms with Crippen molar-refractivity contribution in [3.05, 3.63) is 29.8 Å². The highest BCUT2D eigenvalue weighted by atomic mass is 16.2. The fourth-order valence-corrected chi connectivity index (χ4v) is 3.88. The normalized spacial score (nSPS) is 21.7. The van der Waals surface area contributed by atoms with Gasteiger partial charge in [-0.25, -0.2) is 0 Å². The van der Waals surface area contributed by atoms with Crippen molar-refractivity contribution in [1.82, 2.24) is 4.90 Å². The molecule has 1 aliphatic heterocycles. The lowest BCUT2D eigenvalue weighted by atomic mass is 9.71. The first-order valence-electron chi connectivity index (χ1n) is 9.15. The molecule has 3 rings (SSSR count). The quantitative estimate of drug-likeness (QED) is 0.873. The van der Waals surface area contributed by atoms with Crippen molar-refractivity contribution in [2.45, 2.75) is 58.3 Å². The Morgan fingerprint density at radius 3 is 2.48 bits per heavy atom. The van der Waals surface area contributed by atoms with Crippen molar-refractivity contribution < 1.29 is 4.79 Å². The predicted octanol–water partition coefficient (Wildman–Crippen LogP) is 4.40. The molecule has 1 aliphatic carbocycles. The van der Waals surface area contributed by atoms with E-state index in [-0.39, 0.29) is 0 Å². The third-order valence-electron chi connectivity index (χ3n) is 5.60. The molecule has 3 heteroatoms. The van der Waals surface area contributed by atoms with E-state index in [0.29, 0.717) is 11.3 Å². The summed E-state index contributed by atoms with van der Waals surface area (Å²) < 4.78 is 0. The van der Waals surface area contributed by atoms with E-state index in [1.54, 1.807) is 0 Å². The highest BCUT2D eigenvalue weighted by Gasteiger charge is 2.27. The lowest BCUT2D eigenvalue weighted by molar-refractivity contribution is -0.127. The molecule has 0 radical (unpaired) electrons. The summed E-state index contributed by atoms with van der Waals surface area (Å²) >= 11 is 0. The van der Waals surface area contributed by atoms with Crippen molar-refractivity contribution in [2.75, 3.05) is 25.0 Å². The van der Waals surface area contributed by atoms with Gasteiger partial charge in [0.1, 0.15) is 0 Å². The molecule has 0 unspecified atom stereocenters. The summed E-state index contributed by atoms with van der Waals surface area (Å²) in [5, 5.41) is 3.44. The first-order valence-corrected chi connectivity index (χ1v) is 9.15. The summed E-state index contributed by atoms with van der Waals surface area (Å²) in [4.78, 5) is 13.5. The average molecular weight is 314 g/mol. The summed E-state index contributed by atoms with van der Waals surface area (Å²) in [6.45, 7) is 7.36. The first kappa shape index (κ1) is 16.4. The third-order valence-corrected chi connectivity index (χ3v) is 5.60. The van der Waals surface area contributed by atoms with Crippen LogP contribution in [0.5, 0.6) is 0 Å². The van der Waals surface area contributed by atoms with Gasteiger partial charge in [0.15, 0.2) is 0 Å². The van der Waals surface area contributed by atoms with Gasteiger partial charge in [-0.15, -0.1) is 0 Å². The van der Waals surface area contributed by atoms with Gasteiger partial charge in [0.2, 0.25) is 5.91 Å². The van der Waals surface area contributed by atoms with E-state index in [9.17, 15) is 4.79 Å². The summed E-state index contributed by atoms with van der Waals surface area (Å²) in [5.74, 6) is 1.04. The Labute approximate surface area is 140 Å². The fraction of sp³-hybridized carbons (Fsp3) is 0.650. The van der Waals surface area contributed by atoms with Crippen molar-refractivity contribution in [3.8, 4) is 0 Å². The van der Waals surface area contributed by atoms with Crippen LogP contribution < -0.4 is 5.32 Å². The molecule has 0 aromatic heterocycles. The van der Waals surface area contributed by atoms with Crippen LogP contribution in [0.4, 0.5) is 5.69 Å². The Kier molecular flexibility index (Phi) is 4.93. The average Bonchev–Trinajstić information content (AvgIpc) is 2.94. The van der Waals surface area contributed by atoms with Crippen molar-refractivity contribution in [2.24, 2.45) is 5.41 Å². The van der Waals surface area contributed by atoms with Crippen LogP contribution >= 0.6 is 0 Å². The number of carbonyl (C=O) groups is 1. The van der Waals surface area contributed by atoms with Gasteiger partial charge in [-0.2, -0.15) is 0 Å². The predicted molar refractivity (Wildman–Crippen MR) is 95.7 cm³/mol. The standard InChI is InChI=1S/C20H30N2O/c1-20(2)11-9-17(10-12-20)16-5-7-18(8-6-16)21-13-15-22-14-3-4-19(22)23/h5-8,17,21H,3-4,9-15H2,1-2H3. The number of amides is 1. The smallest absolute Gasteiger partial charge is 0.222 e. The minimum atomic E-state index is 0.308. The molecule has 0 bridgehead atoms. The van der Waals surface area contributed by atoms with Crippen molar-refractivity contribution >= 4 is 11.6 Å². The number of hydrogen-bond acceptors (Lipinski definition) is 2. The van der Waals surface area contributed by atoms with E-state index < -0.39 is 0 Å². The largest absolute Gasteiger partial charge is 0.383 e. The molecule has 23 heavy (non-hydrogen) atoms. The molecule has 0 atom stereocenters. The molecule has 2 aliphatic rings. The number of carbonyl (C=O) groups excluding carboxylic acids is 1. The lowest BCUT2D eigenvalue weighted by Crippen LogP contribution is -2.29. The molecule has 1 aromatic rings. The van der Waals surface area contributed by atoms with Gasteiger partial charge in [-0.05, 0) is 61.1 Å². The number of nitrogens with zero attached hydrogens (tertiary/aromatic N) is 1. The van der Waals surface area contributed by atoms with Crippen LogP contribution in [0.1, 0.15) is 63.9 Å². The van der Waals surface area contributed by atoms with Gasteiger partial charge in [0.05, 0.1) is 0 Å². The fourth-order valence-electron chi connectivity index (χ4n) is 3.88. The minimum Gasteiger partial charge on any atom is -0.383 e. The minimum absolute atomic E-state index is 0.308. The van der Waals surface area contributed by atoms with Crippen LogP contribution in [0.25, 0.3) is 0 Å². The van der Waals surface area contributed by atoms with Gasteiger partial charge in [0, 0.05) is 31.7 Å². The van der Waals surface area contributed by atoms with Crippen LogP contribution in [-0.4, -0.2) is 30.4 Å². The van der Waals surface area contributed by atoms with Crippen LogP contribution in [-0.2, 0) is 4.79 Å². The summed E-state index contributed by atoms with van der Waals surface area (Å²) in [6.07, 6.45) is 7.05. The number of benzene rings is 1. The summed E-state index contributed by atoms with van der Waals surface area (Å²) in [7, 11) is 0. The number of nitrogens with one attached hydrogen (secondary N) is 1. The molecule has 1 saturated carbocycles. The molecular formula is C20H30N2O. The first-order chi connectivity index (χ1) is 11.0. The Morgan fingerprint density at radius 2 is 1.87 bits per heavy atom. The molecule has 1 N–H and O–H groups in total. The molecule has 0 spiro atoms. The zero-order valence-corrected chi connectivity index (χ0v) is 14.6. The van der Waals surface area contributed by atoms with Gasteiger partial charge in [-0.3, -0.25) is 4.79 Å². The molecule has 1 saturated heterocycles. The summed E-state index contributed by atoms with van der Waals surface area (Å²) in [6, 6.07) is 8.96. The Morgan fingerprint density at radius 1 is 1.17 bits per heavy atom. The highest BCUT2D eigenvalue weighted by Crippen LogP contribution is 2.42. The highest BCUT2D eigenvalue weighted by molar-refractivity contribution is 5.78. The second-order valence-electron chi connectivity index (χ2n) is 7.97. The molecule has 2 fully saturated rings. The summed E-state index contributed by atoms with van der Waals surface area (Å²) in [5.41, 5.74) is 3.18. The Hall–Kier alpha value is -1.51. The second-order valence-corrected chi connectivity index (χ2v) is 7.97. The Balaban J connectivity index is 1.46. The number of rotatable bonds is 5. The van der Waals surface area contributed by atoms with Gasteiger partial charge in [0.25, 0.3) is 0 Å². The van der Waals surface area contributed by atoms with Gasteiger partial charge < -0.3 is 10.2 Å². The van der Waals surface area contributed by atoms with Crippen molar-refractivity contribution in [3.63, 3.8) is 0 Å². The van der Waals surface area contributed by atoms with Crippen LogP contribution in [0.15, 0.2) is 24.3 Å². The molecule has 1 aromatic carbocycles. The second kappa shape index (κ2) is 6.94. The van der Waals surface area contributed by atoms with E-state index in [1.165, 1.54) is 31.2 Å². The maximum absolute atomic E-state index is 11.6. The van der Waals surface area contributed by atoms with Gasteiger partial charge >= 0.3 is 0 Å². The van der Waals surface area contributed by atoms with E-state index in [2.05, 4.69) is 43.4 Å².